The largest absolute Gasteiger partial charge is 0.481 e. The zero-order valence-corrected chi connectivity index (χ0v) is 14.4. The maximum Gasteiger partial charge on any atom is 0.315 e. The van der Waals surface area contributed by atoms with E-state index in [0.717, 1.165) is 5.56 Å². The molecular weight excluding hydrogens is 312 g/mol. The third kappa shape index (κ3) is 4.94. The first-order valence-electron chi connectivity index (χ1n) is 7.30. The molecule has 6 nitrogen and oxygen atoms in total. The fourth-order valence-corrected chi connectivity index (χ4v) is 2.94. The molecule has 0 saturated carbocycles. The average Bonchev–Trinajstić information content (AvgIpc) is 3.07. The number of rotatable bonds is 7. The highest BCUT2D eigenvalue weighted by Gasteiger charge is 2.15. The maximum absolute atomic E-state index is 12.0. The number of amides is 2. The van der Waals surface area contributed by atoms with Crippen molar-refractivity contribution in [2.75, 3.05) is 27.7 Å². The van der Waals surface area contributed by atoms with Gasteiger partial charge in [-0.05, 0) is 42.6 Å². The number of carbonyl (C=O) groups excluding carboxylic acids is 1. The number of ether oxygens (including phenoxy) is 1. The number of hydrogen-bond donors (Lipinski definition) is 2. The molecule has 0 saturated heterocycles. The fraction of sp³-hybridized carbons (Fsp3) is 0.375. The molecule has 2 rings (SSSR count). The molecule has 2 amide bonds. The predicted octanol–water partition coefficient (Wildman–Crippen LogP) is 2.25. The van der Waals surface area contributed by atoms with Crippen molar-refractivity contribution in [2.24, 2.45) is 0 Å². The van der Waals surface area contributed by atoms with Crippen molar-refractivity contribution in [3.05, 3.63) is 46.3 Å². The summed E-state index contributed by atoms with van der Waals surface area (Å²) in [6, 6.07) is 5.71. The third-order valence-electron chi connectivity index (χ3n) is 3.49. The molecule has 1 atom stereocenters. The number of urea groups is 1. The number of likely N-dealkylation sites (N-methyl/N-ethyl adjacent to an activating group) is 1. The summed E-state index contributed by atoms with van der Waals surface area (Å²) >= 11 is 1.66. The molecule has 0 aliphatic heterocycles. The van der Waals surface area contributed by atoms with Crippen molar-refractivity contribution in [2.45, 2.75) is 12.6 Å². The molecule has 0 aromatic carbocycles. The number of methoxy groups -OCH3 is 1. The van der Waals surface area contributed by atoms with Crippen LogP contribution in [0.2, 0.25) is 0 Å². The fourth-order valence-electron chi connectivity index (χ4n) is 2.23. The lowest BCUT2D eigenvalue weighted by molar-refractivity contribution is 0.232. The Labute approximate surface area is 140 Å². The molecule has 2 heterocycles. The van der Waals surface area contributed by atoms with Gasteiger partial charge >= 0.3 is 6.03 Å². The quantitative estimate of drug-likeness (QED) is 0.815. The van der Waals surface area contributed by atoms with Crippen LogP contribution in [0, 0.1) is 0 Å². The van der Waals surface area contributed by atoms with Crippen LogP contribution < -0.4 is 15.4 Å². The van der Waals surface area contributed by atoms with E-state index in [9.17, 15) is 4.79 Å². The van der Waals surface area contributed by atoms with E-state index in [1.54, 1.807) is 24.6 Å². The summed E-state index contributed by atoms with van der Waals surface area (Å²) in [6.07, 6.45) is 1.66. The molecule has 2 N–H and O–H groups in total. The number of thiophene rings is 1. The van der Waals surface area contributed by atoms with Gasteiger partial charge in [-0.25, -0.2) is 9.78 Å². The third-order valence-corrected chi connectivity index (χ3v) is 4.19. The highest BCUT2D eigenvalue weighted by atomic mass is 32.1. The van der Waals surface area contributed by atoms with Crippen molar-refractivity contribution in [3.8, 4) is 5.88 Å². The van der Waals surface area contributed by atoms with Crippen LogP contribution in [0.1, 0.15) is 17.2 Å². The van der Waals surface area contributed by atoms with Gasteiger partial charge in [-0.15, -0.1) is 0 Å². The predicted molar refractivity (Wildman–Crippen MR) is 91.8 cm³/mol. The zero-order valence-electron chi connectivity index (χ0n) is 13.6. The van der Waals surface area contributed by atoms with E-state index in [1.807, 2.05) is 31.6 Å². The summed E-state index contributed by atoms with van der Waals surface area (Å²) in [5.41, 5.74) is 2.04. The summed E-state index contributed by atoms with van der Waals surface area (Å²) in [4.78, 5) is 18.2. The van der Waals surface area contributed by atoms with E-state index in [-0.39, 0.29) is 12.1 Å². The van der Waals surface area contributed by atoms with Gasteiger partial charge in [-0.1, -0.05) is 6.07 Å². The molecule has 0 aliphatic carbocycles. The Morgan fingerprint density at radius 1 is 1.39 bits per heavy atom. The number of carbonyl (C=O) groups is 1. The van der Waals surface area contributed by atoms with Gasteiger partial charge in [0.1, 0.15) is 0 Å². The Hall–Kier alpha value is -2.12. The molecule has 7 heteroatoms. The Kier molecular flexibility index (Phi) is 6.37. The lowest BCUT2D eigenvalue weighted by Gasteiger charge is -2.24. The van der Waals surface area contributed by atoms with E-state index in [0.29, 0.717) is 19.0 Å². The van der Waals surface area contributed by atoms with Crippen molar-refractivity contribution in [1.29, 1.82) is 0 Å². The number of aromatic nitrogens is 1. The smallest absolute Gasteiger partial charge is 0.315 e. The van der Waals surface area contributed by atoms with Crippen LogP contribution in [0.15, 0.2) is 35.2 Å². The van der Waals surface area contributed by atoms with Gasteiger partial charge in [0, 0.05) is 24.8 Å². The first kappa shape index (κ1) is 17.2. The van der Waals surface area contributed by atoms with Crippen LogP contribution in [0.4, 0.5) is 4.79 Å². The maximum atomic E-state index is 12.0. The lowest BCUT2D eigenvalue weighted by Crippen LogP contribution is -2.40. The first-order valence-corrected chi connectivity index (χ1v) is 8.24. The van der Waals surface area contributed by atoms with Crippen LogP contribution >= 0.6 is 11.3 Å². The number of pyridine rings is 1. The van der Waals surface area contributed by atoms with Gasteiger partial charge in [-0.3, -0.25) is 0 Å². The van der Waals surface area contributed by atoms with Crippen molar-refractivity contribution < 1.29 is 9.53 Å². The summed E-state index contributed by atoms with van der Waals surface area (Å²) in [6.45, 7) is 0.910. The van der Waals surface area contributed by atoms with E-state index >= 15 is 0 Å². The topological polar surface area (TPSA) is 66.5 Å². The Bertz CT molecular complexity index is 616. The summed E-state index contributed by atoms with van der Waals surface area (Å²) in [5.74, 6) is 0.525. The molecule has 23 heavy (non-hydrogen) atoms. The Morgan fingerprint density at radius 3 is 2.87 bits per heavy atom. The van der Waals surface area contributed by atoms with Crippen LogP contribution in [-0.4, -0.2) is 43.7 Å². The highest BCUT2D eigenvalue weighted by molar-refractivity contribution is 7.07. The minimum Gasteiger partial charge on any atom is -0.481 e. The van der Waals surface area contributed by atoms with Crippen LogP contribution in [0.3, 0.4) is 0 Å². The average molecular weight is 334 g/mol. The van der Waals surface area contributed by atoms with Crippen LogP contribution in [0.25, 0.3) is 0 Å². The Morgan fingerprint density at radius 2 is 2.22 bits per heavy atom. The zero-order chi connectivity index (χ0) is 16.7. The molecule has 0 bridgehead atoms. The van der Waals surface area contributed by atoms with Crippen LogP contribution in [-0.2, 0) is 6.54 Å². The summed E-state index contributed by atoms with van der Waals surface area (Å²) in [7, 11) is 5.57. The molecule has 0 fully saturated rings. The summed E-state index contributed by atoms with van der Waals surface area (Å²) in [5, 5.41) is 9.88. The molecule has 124 valence electrons. The van der Waals surface area contributed by atoms with Crippen molar-refractivity contribution in [3.63, 3.8) is 0 Å². The molecule has 1 unspecified atom stereocenters. The first-order chi connectivity index (χ1) is 11.1. The molecule has 2 aromatic rings. The van der Waals surface area contributed by atoms with Crippen molar-refractivity contribution in [1.82, 2.24) is 20.5 Å². The van der Waals surface area contributed by atoms with Crippen molar-refractivity contribution >= 4 is 17.4 Å². The summed E-state index contributed by atoms with van der Waals surface area (Å²) < 4.78 is 5.17. The van der Waals surface area contributed by atoms with Gasteiger partial charge in [0.25, 0.3) is 0 Å². The molecule has 0 radical (unpaired) electrons. The second-order valence-corrected chi connectivity index (χ2v) is 6.05. The van der Waals surface area contributed by atoms with E-state index < -0.39 is 0 Å². The van der Waals surface area contributed by atoms with E-state index in [1.165, 1.54) is 5.56 Å². The minimum absolute atomic E-state index is 0.153. The monoisotopic (exact) mass is 334 g/mol. The van der Waals surface area contributed by atoms with E-state index in [4.69, 9.17) is 4.74 Å². The number of nitrogens with zero attached hydrogens (tertiary/aromatic N) is 2. The second-order valence-electron chi connectivity index (χ2n) is 5.27. The molecular formula is C16H22N4O2S. The van der Waals surface area contributed by atoms with Gasteiger partial charge in [0.05, 0.1) is 13.2 Å². The molecule has 2 aromatic heterocycles. The SMILES string of the molecule is COc1ncccc1CNC(=O)NCC(c1ccsc1)N(C)C. The van der Waals surface area contributed by atoms with Crippen LogP contribution in [0.5, 0.6) is 5.88 Å². The number of hydrogen-bond acceptors (Lipinski definition) is 5. The molecule has 0 aliphatic rings. The standard InChI is InChI=1S/C16H22N4O2S/c1-20(2)14(13-6-8-23-11-13)10-19-16(21)18-9-12-5-4-7-17-15(12)22-3/h4-8,11,14H,9-10H2,1-3H3,(H2,18,19,21). The normalized spacial score (nSPS) is 12.0. The van der Waals surface area contributed by atoms with E-state index in [2.05, 4.69) is 32.0 Å². The van der Waals surface area contributed by atoms with Gasteiger partial charge in [0.2, 0.25) is 5.88 Å². The highest BCUT2D eigenvalue weighted by Crippen LogP contribution is 2.20. The molecule has 0 spiro atoms. The second kappa shape index (κ2) is 8.50. The number of nitrogens with one attached hydrogen (secondary N) is 2. The minimum atomic E-state index is -0.210. The van der Waals surface area contributed by atoms with Gasteiger partial charge < -0.3 is 20.3 Å². The van der Waals surface area contributed by atoms with Gasteiger partial charge in [0.15, 0.2) is 0 Å². The van der Waals surface area contributed by atoms with Gasteiger partial charge in [-0.2, -0.15) is 11.3 Å². The Balaban J connectivity index is 1.85. The lowest BCUT2D eigenvalue weighted by atomic mass is 10.1.